The van der Waals surface area contributed by atoms with Crippen LogP contribution in [0.5, 0.6) is 0 Å². The van der Waals surface area contributed by atoms with Crippen molar-refractivity contribution in [2.45, 2.75) is 0 Å². The summed E-state index contributed by atoms with van der Waals surface area (Å²) in [6.07, 6.45) is 0. The van der Waals surface area contributed by atoms with Crippen molar-refractivity contribution in [3.05, 3.63) is 174 Å². The van der Waals surface area contributed by atoms with Crippen LogP contribution in [0.1, 0.15) is 0 Å². The fourth-order valence-electron chi connectivity index (χ4n) is 8.71. The van der Waals surface area contributed by atoms with Gasteiger partial charge in [-0.2, -0.15) is 0 Å². The van der Waals surface area contributed by atoms with Crippen molar-refractivity contribution in [2.75, 3.05) is 0 Å². The van der Waals surface area contributed by atoms with Crippen molar-refractivity contribution in [1.29, 1.82) is 0 Å². The Bertz CT molecular complexity index is 3550. The Morgan fingerprint density at radius 3 is 1.85 bits per heavy atom. The van der Waals surface area contributed by atoms with E-state index < -0.39 is 0 Å². The number of hydrogen-bond donors (Lipinski definition) is 0. The first-order valence-corrected chi connectivity index (χ1v) is 18.7. The topological polar surface area (TPSA) is 34.6 Å². The number of benzene rings is 8. The zero-order valence-corrected chi connectivity index (χ0v) is 29.1. The van der Waals surface area contributed by atoms with Crippen LogP contribution < -0.4 is 5.43 Å². The van der Waals surface area contributed by atoms with Crippen LogP contribution in [0.2, 0.25) is 0 Å². The summed E-state index contributed by atoms with van der Waals surface area (Å²) in [6, 6.07) is 58.0. The Morgan fingerprint density at radius 1 is 0.415 bits per heavy atom. The minimum absolute atomic E-state index is 0.0158. The SMILES string of the molecule is O=c1c2ccccc2oc2ccc(-c3cc(-c4ccc5sc6ccccc6c5c4)cc(-c4ccc5c6ccccc6n6c7ccccc7c4c56)c3)cc12. The molecule has 0 radical (unpaired) electrons. The molecule has 0 unspecified atom stereocenters. The van der Waals surface area contributed by atoms with E-state index >= 15 is 0 Å². The van der Waals surface area contributed by atoms with Gasteiger partial charge < -0.3 is 8.82 Å². The highest BCUT2D eigenvalue weighted by Gasteiger charge is 2.21. The second-order valence-electron chi connectivity index (χ2n) is 14.0. The Hall–Kier alpha value is -6.75. The zero-order valence-electron chi connectivity index (χ0n) is 28.3. The van der Waals surface area contributed by atoms with E-state index in [1.54, 1.807) is 0 Å². The second-order valence-corrected chi connectivity index (χ2v) is 15.1. The predicted octanol–water partition coefficient (Wildman–Crippen LogP) is 13.5. The molecule has 0 aliphatic carbocycles. The first kappa shape index (κ1) is 28.9. The molecule has 53 heavy (non-hydrogen) atoms. The molecule has 4 aromatic heterocycles. The number of para-hydroxylation sites is 3. The molecule has 4 heterocycles. The van der Waals surface area contributed by atoms with Gasteiger partial charge in [-0.1, -0.05) is 91.0 Å². The third kappa shape index (κ3) is 4.07. The average Bonchev–Trinajstić information content (AvgIpc) is 3.88. The molecule has 0 aliphatic rings. The molecule has 0 saturated heterocycles. The summed E-state index contributed by atoms with van der Waals surface area (Å²) in [4.78, 5) is 13.8. The van der Waals surface area contributed by atoms with Crippen LogP contribution in [0.4, 0.5) is 0 Å². The van der Waals surface area contributed by atoms with Gasteiger partial charge in [-0.25, -0.2) is 0 Å². The molecule has 0 atom stereocenters. The van der Waals surface area contributed by atoms with E-state index in [-0.39, 0.29) is 5.43 Å². The smallest absolute Gasteiger partial charge is 0.200 e. The third-order valence-corrected chi connectivity index (χ3v) is 12.3. The number of hydrogen-bond acceptors (Lipinski definition) is 3. The fourth-order valence-corrected chi connectivity index (χ4v) is 9.79. The molecule has 4 heteroatoms. The molecule has 8 aromatic carbocycles. The molecule has 3 nitrogen and oxygen atoms in total. The lowest BCUT2D eigenvalue weighted by molar-refractivity contribution is 0.660. The van der Waals surface area contributed by atoms with Gasteiger partial charge in [0.2, 0.25) is 5.43 Å². The van der Waals surface area contributed by atoms with E-state index in [0.29, 0.717) is 21.9 Å². The summed E-state index contributed by atoms with van der Waals surface area (Å²) in [5.41, 5.74) is 11.5. The van der Waals surface area contributed by atoms with Crippen LogP contribution in [0.3, 0.4) is 0 Å². The van der Waals surface area contributed by atoms with Crippen LogP contribution >= 0.6 is 11.3 Å². The summed E-state index contributed by atoms with van der Waals surface area (Å²) in [5.74, 6) is 0. The first-order valence-electron chi connectivity index (χ1n) is 17.9. The molecule has 0 fully saturated rings. The van der Waals surface area contributed by atoms with E-state index in [4.69, 9.17) is 4.42 Å². The highest BCUT2D eigenvalue weighted by molar-refractivity contribution is 7.25. The monoisotopic (exact) mass is 693 g/mol. The van der Waals surface area contributed by atoms with Crippen molar-refractivity contribution in [1.82, 2.24) is 4.40 Å². The van der Waals surface area contributed by atoms with Crippen LogP contribution in [0, 0.1) is 0 Å². The Balaban J connectivity index is 1.16. The van der Waals surface area contributed by atoms with Gasteiger partial charge >= 0.3 is 0 Å². The maximum Gasteiger partial charge on any atom is 0.200 e. The molecule has 0 bridgehead atoms. The lowest BCUT2D eigenvalue weighted by atomic mass is 9.90. The Morgan fingerprint density at radius 2 is 1.02 bits per heavy atom. The van der Waals surface area contributed by atoms with Gasteiger partial charge in [0.25, 0.3) is 0 Å². The van der Waals surface area contributed by atoms with Gasteiger partial charge in [-0.3, -0.25) is 4.79 Å². The molecule has 0 N–H and O–H groups in total. The van der Waals surface area contributed by atoms with Crippen LogP contribution in [0.15, 0.2) is 173 Å². The lowest BCUT2D eigenvalue weighted by Crippen LogP contribution is -2.02. The third-order valence-electron chi connectivity index (χ3n) is 11.1. The first-order chi connectivity index (χ1) is 26.2. The van der Waals surface area contributed by atoms with Gasteiger partial charge in [-0.05, 0) is 106 Å². The van der Waals surface area contributed by atoms with Crippen molar-refractivity contribution < 1.29 is 4.42 Å². The predicted molar refractivity (Wildman–Crippen MR) is 224 cm³/mol. The van der Waals surface area contributed by atoms with Gasteiger partial charge in [0.15, 0.2) is 0 Å². The molecular weight excluding hydrogens is 667 g/mol. The molecule has 12 aromatic rings. The number of fused-ring (bicyclic) bond motifs is 11. The maximum atomic E-state index is 13.8. The summed E-state index contributed by atoms with van der Waals surface area (Å²) in [6.45, 7) is 0. The molecule has 12 rings (SSSR count). The van der Waals surface area contributed by atoms with Crippen molar-refractivity contribution in [3.8, 4) is 33.4 Å². The molecule has 0 amide bonds. The van der Waals surface area contributed by atoms with Gasteiger partial charge in [-0.15, -0.1) is 11.3 Å². The fraction of sp³-hybridized carbons (Fsp3) is 0. The van der Waals surface area contributed by atoms with Crippen molar-refractivity contribution in [3.63, 3.8) is 0 Å². The highest BCUT2D eigenvalue weighted by atomic mass is 32.1. The van der Waals surface area contributed by atoms with Crippen LogP contribution in [-0.4, -0.2) is 4.40 Å². The molecule has 0 aliphatic heterocycles. The van der Waals surface area contributed by atoms with E-state index in [9.17, 15) is 4.79 Å². The van der Waals surface area contributed by atoms with Crippen molar-refractivity contribution in [2.24, 2.45) is 0 Å². The number of aromatic nitrogens is 1. The summed E-state index contributed by atoms with van der Waals surface area (Å²) < 4.78 is 11.2. The second kappa shape index (κ2) is 10.6. The van der Waals surface area contributed by atoms with E-state index in [0.717, 1.165) is 27.8 Å². The molecular formula is C49H27NO2S. The zero-order chi connectivity index (χ0) is 34.8. The molecule has 0 spiro atoms. The van der Waals surface area contributed by atoms with Crippen LogP contribution in [-0.2, 0) is 0 Å². The van der Waals surface area contributed by atoms with E-state index in [2.05, 4.69) is 132 Å². The van der Waals surface area contributed by atoms with Gasteiger partial charge in [0, 0.05) is 41.7 Å². The lowest BCUT2D eigenvalue weighted by Gasteiger charge is -2.13. The quantitative estimate of drug-likeness (QED) is 0.173. The molecule has 0 saturated carbocycles. The van der Waals surface area contributed by atoms with Gasteiger partial charge in [0.1, 0.15) is 11.2 Å². The summed E-state index contributed by atoms with van der Waals surface area (Å²) in [7, 11) is 0. The number of thiophene rings is 1. The maximum absolute atomic E-state index is 13.8. The minimum atomic E-state index is -0.0158. The van der Waals surface area contributed by atoms with Crippen molar-refractivity contribution >= 4 is 91.5 Å². The number of nitrogens with zero attached hydrogens (tertiary/aromatic N) is 1. The van der Waals surface area contributed by atoms with E-state index in [1.807, 2.05) is 47.7 Å². The largest absolute Gasteiger partial charge is 0.456 e. The average molecular weight is 694 g/mol. The summed E-state index contributed by atoms with van der Waals surface area (Å²) >= 11 is 1.83. The van der Waals surface area contributed by atoms with Gasteiger partial charge in [0.05, 0.1) is 27.3 Å². The highest BCUT2D eigenvalue weighted by Crippen LogP contribution is 2.45. The standard InChI is InChI=1S/C49H27NO2S/c51-49-38-12-3-7-15-43(38)52-44-21-17-28(27-40(44)49)30-23-31(29-18-22-46-39(26-29)35-10-4-8-16-45(35)53-46)25-32(24-30)33-19-20-36-34-9-1-5-13-41(34)50-42-14-6-2-11-37(42)47(33)48(36)50/h1-27H. The minimum Gasteiger partial charge on any atom is -0.456 e. The number of rotatable bonds is 3. The molecule has 246 valence electrons. The normalized spacial score (nSPS) is 12.2. The Kier molecular flexibility index (Phi) is 5.80. The Labute approximate surface area is 306 Å². The van der Waals surface area contributed by atoms with E-state index in [1.165, 1.54) is 63.8 Å². The van der Waals surface area contributed by atoms with Crippen LogP contribution in [0.25, 0.3) is 114 Å². The summed E-state index contributed by atoms with van der Waals surface area (Å²) in [5, 5.41) is 8.73.